The summed E-state index contributed by atoms with van der Waals surface area (Å²) < 4.78 is 0. The molecule has 0 saturated carbocycles. The van der Waals surface area contributed by atoms with Crippen LogP contribution in [0.2, 0.25) is 0 Å². The molecular weight excluding hydrogens is 318 g/mol. The van der Waals surface area contributed by atoms with Crippen LogP contribution < -0.4 is 0 Å². The highest BCUT2D eigenvalue weighted by Crippen LogP contribution is 2.27. The lowest BCUT2D eigenvalue weighted by Crippen LogP contribution is -2.42. The van der Waals surface area contributed by atoms with E-state index in [-0.39, 0.29) is 11.9 Å². The van der Waals surface area contributed by atoms with Gasteiger partial charge in [-0.1, -0.05) is 13.0 Å². The first-order chi connectivity index (χ1) is 11.8. The van der Waals surface area contributed by atoms with Gasteiger partial charge in [-0.3, -0.25) is 14.7 Å². The molecule has 1 aliphatic rings. The Kier molecular flexibility index (Phi) is 5.99. The number of thiophene rings is 1. The minimum atomic E-state index is -0.202. The zero-order valence-corrected chi connectivity index (χ0v) is 15.0. The Bertz CT molecular complexity index is 623. The van der Waals surface area contributed by atoms with E-state index in [0.717, 1.165) is 31.6 Å². The Morgan fingerprint density at radius 3 is 2.83 bits per heavy atom. The fourth-order valence-electron chi connectivity index (χ4n) is 3.36. The maximum absolute atomic E-state index is 13.4. The van der Waals surface area contributed by atoms with Crippen molar-refractivity contribution in [3.63, 3.8) is 0 Å². The first-order valence-corrected chi connectivity index (χ1v) is 9.67. The molecule has 0 bridgehead atoms. The van der Waals surface area contributed by atoms with Gasteiger partial charge in [0.15, 0.2) is 0 Å². The summed E-state index contributed by atoms with van der Waals surface area (Å²) in [4.78, 5) is 22.0. The normalized spacial score (nSPS) is 16.2. The second-order valence-electron chi connectivity index (χ2n) is 6.32. The van der Waals surface area contributed by atoms with E-state index in [4.69, 9.17) is 0 Å². The minimum absolute atomic E-state index is 0.202. The van der Waals surface area contributed by atoms with Gasteiger partial charge in [-0.25, -0.2) is 0 Å². The molecule has 1 atom stereocenters. The Morgan fingerprint density at radius 2 is 2.21 bits per heavy atom. The number of likely N-dealkylation sites (tertiary alicyclic amines) is 1. The molecule has 24 heavy (non-hydrogen) atoms. The highest BCUT2D eigenvalue weighted by atomic mass is 32.1. The first kappa shape index (κ1) is 17.1. The van der Waals surface area contributed by atoms with Gasteiger partial charge in [0.25, 0.3) is 0 Å². The molecular formula is C19H25N3OS. The van der Waals surface area contributed by atoms with Gasteiger partial charge < -0.3 is 4.90 Å². The third-order valence-corrected chi connectivity index (χ3v) is 5.23. The number of aromatic nitrogens is 1. The summed E-state index contributed by atoms with van der Waals surface area (Å²) in [6.45, 7) is 5.59. The zero-order chi connectivity index (χ0) is 16.8. The Labute approximate surface area is 148 Å². The minimum Gasteiger partial charge on any atom is -0.337 e. The lowest BCUT2D eigenvalue weighted by molar-refractivity contribution is -0.137. The van der Waals surface area contributed by atoms with Crippen molar-refractivity contribution in [3.05, 3.63) is 52.5 Å². The van der Waals surface area contributed by atoms with Gasteiger partial charge >= 0.3 is 0 Å². The molecule has 0 spiro atoms. The molecule has 0 N–H and O–H groups in total. The van der Waals surface area contributed by atoms with E-state index in [1.165, 1.54) is 18.4 Å². The second-order valence-corrected chi connectivity index (χ2v) is 7.10. The second kappa shape index (κ2) is 8.40. The van der Waals surface area contributed by atoms with Crippen molar-refractivity contribution >= 4 is 17.2 Å². The monoisotopic (exact) mass is 343 g/mol. The van der Waals surface area contributed by atoms with Crippen molar-refractivity contribution in [2.24, 2.45) is 0 Å². The number of rotatable bonds is 7. The van der Waals surface area contributed by atoms with E-state index in [9.17, 15) is 4.79 Å². The van der Waals surface area contributed by atoms with Crippen LogP contribution in [0, 0.1) is 0 Å². The topological polar surface area (TPSA) is 36.4 Å². The van der Waals surface area contributed by atoms with Crippen LogP contribution >= 0.6 is 11.3 Å². The molecule has 0 radical (unpaired) electrons. The molecule has 1 fully saturated rings. The van der Waals surface area contributed by atoms with Crippen molar-refractivity contribution in [1.29, 1.82) is 0 Å². The summed E-state index contributed by atoms with van der Waals surface area (Å²) in [7, 11) is 0. The van der Waals surface area contributed by atoms with Crippen LogP contribution in [0.1, 0.15) is 43.4 Å². The fourth-order valence-corrected chi connectivity index (χ4v) is 4.02. The van der Waals surface area contributed by atoms with E-state index in [1.807, 2.05) is 23.2 Å². The third-order valence-electron chi connectivity index (χ3n) is 4.50. The molecule has 2 aromatic rings. The molecule has 1 aliphatic heterocycles. The Morgan fingerprint density at radius 1 is 1.38 bits per heavy atom. The molecule has 2 aromatic heterocycles. The number of hydrogen-bond acceptors (Lipinski definition) is 4. The smallest absolute Gasteiger partial charge is 0.244 e. The predicted molar refractivity (Wildman–Crippen MR) is 97.8 cm³/mol. The van der Waals surface area contributed by atoms with E-state index in [2.05, 4.69) is 33.6 Å². The van der Waals surface area contributed by atoms with Crippen LogP contribution in [0.25, 0.3) is 0 Å². The van der Waals surface area contributed by atoms with Crippen LogP contribution in [-0.2, 0) is 11.3 Å². The van der Waals surface area contributed by atoms with Gasteiger partial charge in [0.2, 0.25) is 5.91 Å². The van der Waals surface area contributed by atoms with Gasteiger partial charge in [0, 0.05) is 25.5 Å². The first-order valence-electron chi connectivity index (χ1n) is 8.73. The molecule has 128 valence electrons. The van der Waals surface area contributed by atoms with Crippen molar-refractivity contribution in [3.8, 4) is 0 Å². The average molecular weight is 343 g/mol. The van der Waals surface area contributed by atoms with Crippen LogP contribution in [-0.4, -0.2) is 40.3 Å². The van der Waals surface area contributed by atoms with E-state index in [1.54, 1.807) is 17.5 Å². The van der Waals surface area contributed by atoms with Crippen LogP contribution in [0.4, 0.5) is 0 Å². The van der Waals surface area contributed by atoms with Crippen molar-refractivity contribution in [2.75, 3.05) is 19.6 Å². The molecule has 0 aliphatic carbocycles. The standard InChI is InChI=1S/C19H25N3OS/c1-2-9-22(14-16-7-12-24-15-16)19(23)18(21-10-3-4-11-21)17-6-5-8-20-13-17/h5-8,12-13,15,18H,2-4,9-11,14H2,1H3. The van der Waals surface area contributed by atoms with Gasteiger partial charge in [0.05, 0.1) is 0 Å². The molecule has 4 nitrogen and oxygen atoms in total. The van der Waals surface area contributed by atoms with Crippen LogP contribution in [0.3, 0.4) is 0 Å². The summed E-state index contributed by atoms with van der Waals surface area (Å²) in [5.41, 5.74) is 2.23. The van der Waals surface area contributed by atoms with Gasteiger partial charge in [0.1, 0.15) is 6.04 Å². The summed E-state index contributed by atoms with van der Waals surface area (Å²) in [5, 5.41) is 4.20. The lowest BCUT2D eigenvalue weighted by atomic mass is 10.1. The SMILES string of the molecule is CCCN(Cc1ccsc1)C(=O)C(c1cccnc1)N1CCCC1. The lowest BCUT2D eigenvalue weighted by Gasteiger charge is -2.32. The van der Waals surface area contributed by atoms with Crippen LogP contribution in [0.15, 0.2) is 41.4 Å². The molecule has 1 saturated heterocycles. The van der Waals surface area contributed by atoms with Crippen LogP contribution in [0.5, 0.6) is 0 Å². The molecule has 3 heterocycles. The number of pyridine rings is 1. The van der Waals surface area contributed by atoms with Gasteiger partial charge in [-0.15, -0.1) is 0 Å². The average Bonchev–Trinajstić information content (AvgIpc) is 3.29. The zero-order valence-electron chi connectivity index (χ0n) is 14.2. The molecule has 1 unspecified atom stereocenters. The number of hydrogen-bond donors (Lipinski definition) is 0. The van der Waals surface area contributed by atoms with Crippen molar-refractivity contribution in [1.82, 2.24) is 14.8 Å². The predicted octanol–water partition coefficient (Wildman–Crippen LogP) is 3.72. The van der Waals surface area contributed by atoms with Crippen molar-refractivity contribution < 1.29 is 4.79 Å². The maximum Gasteiger partial charge on any atom is 0.244 e. The number of amides is 1. The number of carbonyl (C=O) groups is 1. The molecule has 1 amide bonds. The largest absolute Gasteiger partial charge is 0.337 e. The number of nitrogens with zero attached hydrogens (tertiary/aromatic N) is 3. The molecule has 5 heteroatoms. The summed E-state index contributed by atoms with van der Waals surface area (Å²) in [6.07, 6.45) is 6.92. The maximum atomic E-state index is 13.4. The Balaban J connectivity index is 1.85. The summed E-state index contributed by atoms with van der Waals surface area (Å²) in [5.74, 6) is 0.206. The van der Waals surface area contributed by atoms with Gasteiger partial charge in [-0.05, 0) is 66.4 Å². The number of carbonyl (C=O) groups excluding carboxylic acids is 1. The fraction of sp³-hybridized carbons (Fsp3) is 0.474. The van der Waals surface area contributed by atoms with Crippen molar-refractivity contribution in [2.45, 2.75) is 38.8 Å². The van der Waals surface area contributed by atoms with Gasteiger partial charge in [-0.2, -0.15) is 11.3 Å². The highest BCUT2D eigenvalue weighted by Gasteiger charge is 2.32. The van der Waals surface area contributed by atoms with E-state index < -0.39 is 0 Å². The molecule has 0 aromatic carbocycles. The highest BCUT2D eigenvalue weighted by molar-refractivity contribution is 7.07. The Hall–Kier alpha value is -1.72. The van der Waals surface area contributed by atoms with E-state index in [0.29, 0.717) is 6.54 Å². The summed E-state index contributed by atoms with van der Waals surface area (Å²) >= 11 is 1.68. The quantitative estimate of drug-likeness (QED) is 0.769. The third kappa shape index (κ3) is 4.02. The molecule has 3 rings (SSSR count). The summed E-state index contributed by atoms with van der Waals surface area (Å²) in [6, 6.07) is 5.86. The van der Waals surface area contributed by atoms with E-state index >= 15 is 0 Å².